The Hall–Kier alpha value is -1.12. The summed E-state index contributed by atoms with van der Waals surface area (Å²) in [6.07, 6.45) is 1.15. The highest BCUT2D eigenvalue weighted by Gasteiger charge is 2.14. The Morgan fingerprint density at radius 3 is 2.76 bits per heavy atom. The molecule has 0 spiro atoms. The van der Waals surface area contributed by atoms with Crippen molar-refractivity contribution < 1.29 is 0 Å². The van der Waals surface area contributed by atoms with Gasteiger partial charge in [-0.05, 0) is 43.9 Å². The summed E-state index contributed by atoms with van der Waals surface area (Å²) < 4.78 is 0. The average molecular weight is 245 g/mol. The molecule has 0 radical (unpaired) electrons. The van der Waals surface area contributed by atoms with Crippen molar-refractivity contribution in [3.05, 3.63) is 57.8 Å². The topological polar surface area (TPSA) is 12.0 Å². The fourth-order valence-electron chi connectivity index (χ4n) is 2.14. The third-order valence-corrected chi connectivity index (χ3v) is 4.00. The molecule has 0 amide bonds. The van der Waals surface area contributed by atoms with Gasteiger partial charge in [-0.2, -0.15) is 0 Å². The van der Waals surface area contributed by atoms with Crippen LogP contribution in [0.1, 0.15) is 28.3 Å². The first-order valence-electron chi connectivity index (χ1n) is 6.06. The smallest absolute Gasteiger partial charge is 0.0196 e. The summed E-state index contributed by atoms with van der Waals surface area (Å²) in [5.74, 6) is 0.530. The number of hydrogen-bond donors (Lipinski definition) is 1. The van der Waals surface area contributed by atoms with E-state index in [9.17, 15) is 0 Å². The summed E-state index contributed by atoms with van der Waals surface area (Å²) in [5, 5.41) is 5.41. The van der Waals surface area contributed by atoms with Crippen molar-refractivity contribution in [2.24, 2.45) is 0 Å². The molecule has 1 atom stereocenters. The van der Waals surface area contributed by atoms with E-state index < -0.39 is 0 Å². The maximum Gasteiger partial charge on any atom is 0.0196 e. The minimum Gasteiger partial charge on any atom is -0.320 e. The first-order chi connectivity index (χ1) is 8.31. The van der Waals surface area contributed by atoms with Gasteiger partial charge in [-0.25, -0.2) is 0 Å². The Bertz CT molecular complexity index is 448. The van der Waals surface area contributed by atoms with Gasteiger partial charge in [0.15, 0.2) is 0 Å². The summed E-state index contributed by atoms with van der Waals surface area (Å²) in [7, 11) is 2.02. The van der Waals surface area contributed by atoms with Crippen molar-refractivity contribution >= 4 is 11.3 Å². The molecule has 17 heavy (non-hydrogen) atoms. The molecule has 1 aromatic carbocycles. The van der Waals surface area contributed by atoms with Crippen LogP contribution in [-0.2, 0) is 0 Å². The lowest BCUT2D eigenvalue weighted by Crippen LogP contribution is -2.12. The highest BCUT2D eigenvalue weighted by molar-refractivity contribution is 7.10. The van der Waals surface area contributed by atoms with Crippen LogP contribution < -0.4 is 5.32 Å². The molecule has 1 nitrogen and oxygen atoms in total. The van der Waals surface area contributed by atoms with E-state index in [0.717, 1.165) is 13.0 Å². The fourth-order valence-corrected chi connectivity index (χ4v) is 3.03. The van der Waals surface area contributed by atoms with E-state index in [1.807, 2.05) is 18.4 Å². The molecule has 2 heteroatoms. The molecule has 0 aliphatic heterocycles. The first-order valence-corrected chi connectivity index (χ1v) is 6.94. The van der Waals surface area contributed by atoms with Crippen LogP contribution in [0.25, 0.3) is 0 Å². The lowest BCUT2D eigenvalue weighted by molar-refractivity contribution is 0.668. The van der Waals surface area contributed by atoms with Gasteiger partial charge in [0.2, 0.25) is 0 Å². The number of benzene rings is 1. The number of hydrogen-bond acceptors (Lipinski definition) is 2. The second-order valence-electron chi connectivity index (χ2n) is 4.37. The largest absolute Gasteiger partial charge is 0.320 e. The predicted octanol–water partition coefficient (Wildman–Crippen LogP) is 3.80. The maximum absolute atomic E-state index is 3.25. The molecule has 2 aromatic rings. The highest BCUT2D eigenvalue weighted by Crippen LogP contribution is 2.31. The van der Waals surface area contributed by atoms with E-state index in [-0.39, 0.29) is 0 Å². The quantitative estimate of drug-likeness (QED) is 0.845. The molecule has 1 unspecified atom stereocenters. The molecule has 0 saturated heterocycles. The van der Waals surface area contributed by atoms with Crippen LogP contribution in [-0.4, -0.2) is 13.6 Å². The fraction of sp³-hybridized carbons (Fsp3) is 0.333. The predicted molar refractivity (Wildman–Crippen MR) is 75.9 cm³/mol. The van der Waals surface area contributed by atoms with Gasteiger partial charge < -0.3 is 5.32 Å². The van der Waals surface area contributed by atoms with Gasteiger partial charge in [0.05, 0.1) is 0 Å². The van der Waals surface area contributed by atoms with Crippen LogP contribution in [0.2, 0.25) is 0 Å². The summed E-state index contributed by atoms with van der Waals surface area (Å²) in [4.78, 5) is 1.46. The molecule has 0 aliphatic carbocycles. The van der Waals surface area contributed by atoms with Crippen LogP contribution in [0, 0.1) is 6.92 Å². The van der Waals surface area contributed by atoms with Gasteiger partial charge in [-0.15, -0.1) is 11.3 Å². The minimum absolute atomic E-state index is 0.530. The van der Waals surface area contributed by atoms with Crippen molar-refractivity contribution in [2.45, 2.75) is 19.3 Å². The normalized spacial score (nSPS) is 12.6. The van der Waals surface area contributed by atoms with Crippen LogP contribution >= 0.6 is 11.3 Å². The van der Waals surface area contributed by atoms with Gasteiger partial charge in [-0.1, -0.05) is 35.9 Å². The summed E-state index contributed by atoms with van der Waals surface area (Å²) in [5.41, 5.74) is 2.77. The van der Waals surface area contributed by atoms with Gasteiger partial charge in [0.25, 0.3) is 0 Å². The van der Waals surface area contributed by atoms with E-state index in [4.69, 9.17) is 0 Å². The lowest BCUT2D eigenvalue weighted by atomic mass is 9.93. The first kappa shape index (κ1) is 12.3. The van der Waals surface area contributed by atoms with E-state index >= 15 is 0 Å². The van der Waals surface area contributed by atoms with Crippen LogP contribution in [0.3, 0.4) is 0 Å². The van der Waals surface area contributed by atoms with E-state index in [1.165, 1.54) is 16.0 Å². The Balaban J connectivity index is 2.27. The second-order valence-corrected chi connectivity index (χ2v) is 5.35. The van der Waals surface area contributed by atoms with Gasteiger partial charge >= 0.3 is 0 Å². The summed E-state index contributed by atoms with van der Waals surface area (Å²) in [6.45, 7) is 3.21. The van der Waals surface area contributed by atoms with Gasteiger partial charge in [0.1, 0.15) is 0 Å². The minimum atomic E-state index is 0.530. The third-order valence-electron chi connectivity index (χ3n) is 3.01. The van der Waals surface area contributed by atoms with Crippen LogP contribution in [0.15, 0.2) is 41.8 Å². The molecule has 1 aromatic heterocycles. The Morgan fingerprint density at radius 1 is 1.24 bits per heavy atom. The molecular formula is C15H19NS. The molecule has 1 N–H and O–H groups in total. The standard InChI is InChI=1S/C15H19NS/c1-12-5-3-6-13(11-12)14(8-9-16-2)15-7-4-10-17-15/h3-7,10-11,14,16H,8-9H2,1-2H3. The van der Waals surface area contributed by atoms with Crippen LogP contribution in [0.5, 0.6) is 0 Å². The van der Waals surface area contributed by atoms with E-state index in [1.54, 1.807) is 0 Å². The van der Waals surface area contributed by atoms with E-state index in [2.05, 4.69) is 54.0 Å². The zero-order chi connectivity index (χ0) is 12.1. The Morgan fingerprint density at radius 2 is 2.12 bits per heavy atom. The summed E-state index contributed by atoms with van der Waals surface area (Å²) in [6, 6.07) is 13.3. The number of aryl methyl sites for hydroxylation is 1. The molecule has 1 heterocycles. The molecular weight excluding hydrogens is 226 g/mol. The van der Waals surface area contributed by atoms with Gasteiger partial charge in [-0.3, -0.25) is 0 Å². The van der Waals surface area contributed by atoms with Crippen molar-refractivity contribution in [1.82, 2.24) is 5.32 Å². The maximum atomic E-state index is 3.25. The van der Waals surface area contributed by atoms with Crippen molar-refractivity contribution in [3.8, 4) is 0 Å². The average Bonchev–Trinajstić information content (AvgIpc) is 2.83. The SMILES string of the molecule is CNCCC(c1cccc(C)c1)c1cccs1. The second kappa shape index (κ2) is 5.99. The zero-order valence-corrected chi connectivity index (χ0v) is 11.3. The van der Waals surface area contributed by atoms with Crippen LogP contribution in [0.4, 0.5) is 0 Å². The third kappa shape index (κ3) is 3.18. The molecule has 0 fully saturated rings. The zero-order valence-electron chi connectivity index (χ0n) is 10.4. The van der Waals surface area contributed by atoms with E-state index in [0.29, 0.717) is 5.92 Å². The van der Waals surface area contributed by atoms with Crippen molar-refractivity contribution in [1.29, 1.82) is 0 Å². The molecule has 2 rings (SSSR count). The Kier molecular flexibility index (Phi) is 4.35. The van der Waals surface area contributed by atoms with Gasteiger partial charge in [0, 0.05) is 10.8 Å². The highest BCUT2D eigenvalue weighted by atomic mass is 32.1. The monoisotopic (exact) mass is 245 g/mol. The van der Waals surface area contributed by atoms with Crippen molar-refractivity contribution in [3.63, 3.8) is 0 Å². The lowest BCUT2D eigenvalue weighted by Gasteiger charge is -2.16. The molecule has 0 aliphatic rings. The Labute approximate surface area is 108 Å². The molecule has 90 valence electrons. The number of thiophene rings is 1. The molecule has 0 bridgehead atoms. The molecule has 0 saturated carbocycles. The number of nitrogens with one attached hydrogen (secondary N) is 1. The van der Waals surface area contributed by atoms with Crippen molar-refractivity contribution in [2.75, 3.05) is 13.6 Å². The summed E-state index contributed by atoms with van der Waals surface area (Å²) >= 11 is 1.85. The number of rotatable bonds is 5.